The molecule has 5 rings (SSSR count). The predicted octanol–water partition coefficient (Wildman–Crippen LogP) is 2.79. The van der Waals surface area contributed by atoms with Gasteiger partial charge in [-0.3, -0.25) is 4.79 Å². The van der Waals surface area contributed by atoms with E-state index in [1.165, 1.54) is 10.5 Å². The molecule has 2 aliphatic rings. The second kappa shape index (κ2) is 7.29. The summed E-state index contributed by atoms with van der Waals surface area (Å²) in [6, 6.07) is 18.5. The second-order valence-electron chi connectivity index (χ2n) is 7.09. The maximum absolute atomic E-state index is 13.0. The molecular weight excluding hydrogens is 386 g/mol. The van der Waals surface area contributed by atoms with Crippen molar-refractivity contribution < 1.29 is 9.59 Å². The molecule has 1 atom stereocenters. The van der Waals surface area contributed by atoms with Crippen LogP contribution in [0.4, 0.5) is 15.6 Å². The van der Waals surface area contributed by atoms with E-state index in [1.54, 1.807) is 28.4 Å². The van der Waals surface area contributed by atoms with Crippen LogP contribution in [0.5, 0.6) is 0 Å². The van der Waals surface area contributed by atoms with Crippen LogP contribution >= 0.6 is 11.3 Å². The molecule has 0 radical (unpaired) electrons. The fraction of sp³-hybridized carbons (Fsp3) is 0.238. The number of amides is 3. The summed E-state index contributed by atoms with van der Waals surface area (Å²) in [6.45, 7) is 1.57. The van der Waals surface area contributed by atoms with Crippen LogP contribution in [0.3, 0.4) is 0 Å². The minimum absolute atomic E-state index is 0.181. The molecule has 1 aromatic heterocycles. The molecule has 2 aromatic carbocycles. The smallest absolute Gasteiger partial charge is 0.332 e. The van der Waals surface area contributed by atoms with E-state index in [-0.39, 0.29) is 11.9 Å². The average molecular weight is 405 g/mol. The van der Waals surface area contributed by atoms with Gasteiger partial charge >= 0.3 is 6.03 Å². The zero-order valence-corrected chi connectivity index (χ0v) is 16.5. The monoisotopic (exact) mass is 405 g/mol. The predicted molar refractivity (Wildman–Crippen MR) is 111 cm³/mol. The Morgan fingerprint density at radius 2 is 1.66 bits per heavy atom. The first-order valence-corrected chi connectivity index (χ1v) is 10.3. The van der Waals surface area contributed by atoms with Crippen molar-refractivity contribution in [3.63, 3.8) is 0 Å². The number of nitrogens with zero attached hydrogens (tertiary/aromatic N) is 5. The zero-order valence-electron chi connectivity index (χ0n) is 15.6. The van der Waals surface area contributed by atoms with Gasteiger partial charge in [0.1, 0.15) is 11.0 Å². The van der Waals surface area contributed by atoms with Crippen LogP contribution in [0, 0.1) is 0 Å². The summed E-state index contributed by atoms with van der Waals surface area (Å²) in [4.78, 5) is 30.8. The number of anilines is 2. The highest BCUT2D eigenvalue weighted by Gasteiger charge is 2.48. The van der Waals surface area contributed by atoms with Crippen LogP contribution in [0.1, 0.15) is 10.6 Å². The summed E-state index contributed by atoms with van der Waals surface area (Å²) in [7, 11) is 0. The third kappa shape index (κ3) is 3.25. The topological polar surface area (TPSA) is 69.6 Å². The number of carbonyl (C=O) groups excluding carboxylic acids is 2. The third-order valence-electron chi connectivity index (χ3n) is 5.26. The second-order valence-corrected chi connectivity index (χ2v) is 8.13. The molecule has 0 aliphatic carbocycles. The van der Waals surface area contributed by atoms with Gasteiger partial charge in [-0.15, -0.1) is 10.2 Å². The molecule has 3 heterocycles. The maximum atomic E-state index is 13.0. The lowest BCUT2D eigenvalue weighted by Gasteiger charge is -2.34. The Labute approximate surface area is 172 Å². The number of hydrogen-bond donors (Lipinski definition) is 0. The van der Waals surface area contributed by atoms with E-state index < -0.39 is 6.04 Å². The fourth-order valence-electron chi connectivity index (χ4n) is 3.80. The highest BCUT2D eigenvalue weighted by molar-refractivity contribution is 7.15. The average Bonchev–Trinajstić information content (AvgIpc) is 3.32. The SMILES string of the molecule is O=C1C2CN(c3nnc(Cc4ccccc4)s3)CCN2C(=O)N1c1ccccc1. The number of rotatable bonds is 4. The first-order valence-electron chi connectivity index (χ1n) is 9.51. The Morgan fingerprint density at radius 3 is 2.41 bits per heavy atom. The zero-order chi connectivity index (χ0) is 19.8. The summed E-state index contributed by atoms with van der Waals surface area (Å²) in [5, 5.41) is 10.4. The molecule has 3 aromatic rings. The van der Waals surface area contributed by atoms with Crippen molar-refractivity contribution in [2.75, 3.05) is 29.4 Å². The molecule has 0 spiro atoms. The van der Waals surface area contributed by atoms with E-state index in [2.05, 4.69) is 27.2 Å². The van der Waals surface area contributed by atoms with Gasteiger partial charge in [-0.1, -0.05) is 59.9 Å². The Balaban J connectivity index is 1.32. The van der Waals surface area contributed by atoms with E-state index in [9.17, 15) is 9.59 Å². The van der Waals surface area contributed by atoms with Gasteiger partial charge in [-0.25, -0.2) is 9.69 Å². The number of benzene rings is 2. The molecular formula is C21H19N5O2S. The number of piperazine rings is 1. The Hall–Kier alpha value is -3.26. The van der Waals surface area contributed by atoms with Crippen LogP contribution in [0.2, 0.25) is 0 Å². The number of carbonyl (C=O) groups is 2. The van der Waals surface area contributed by atoms with Gasteiger partial charge in [-0.2, -0.15) is 0 Å². The number of fused-ring (bicyclic) bond motifs is 1. The standard InChI is InChI=1S/C21H19N5O2S/c27-19-17-14-24(20-23-22-18(29-20)13-15-7-3-1-4-8-15)11-12-25(17)21(28)26(19)16-9-5-2-6-10-16/h1-10,17H,11-14H2. The molecule has 2 aliphatic heterocycles. The van der Waals surface area contributed by atoms with Crippen LogP contribution in [-0.4, -0.2) is 52.7 Å². The van der Waals surface area contributed by atoms with Crippen LogP contribution in [-0.2, 0) is 11.2 Å². The molecule has 0 bridgehead atoms. The van der Waals surface area contributed by atoms with Crippen molar-refractivity contribution in [3.8, 4) is 0 Å². The molecule has 2 saturated heterocycles. The highest BCUT2D eigenvalue weighted by Crippen LogP contribution is 2.30. The number of imide groups is 1. The first kappa shape index (κ1) is 17.8. The van der Waals surface area contributed by atoms with Gasteiger partial charge in [0.05, 0.1) is 5.69 Å². The van der Waals surface area contributed by atoms with E-state index >= 15 is 0 Å². The summed E-state index contributed by atoms with van der Waals surface area (Å²) in [6.07, 6.45) is 0.737. The van der Waals surface area contributed by atoms with Crippen LogP contribution in [0.15, 0.2) is 60.7 Å². The largest absolute Gasteiger partial charge is 0.342 e. The molecule has 2 fully saturated rings. The molecule has 0 N–H and O–H groups in total. The summed E-state index contributed by atoms with van der Waals surface area (Å²) < 4.78 is 0. The van der Waals surface area contributed by atoms with E-state index in [0.29, 0.717) is 25.3 Å². The van der Waals surface area contributed by atoms with Gasteiger partial charge in [-0.05, 0) is 17.7 Å². The Kier molecular flexibility index (Phi) is 4.48. The minimum Gasteiger partial charge on any atom is -0.342 e. The fourth-order valence-corrected chi connectivity index (χ4v) is 4.71. The van der Waals surface area contributed by atoms with Gasteiger partial charge in [0.2, 0.25) is 5.13 Å². The first-order chi connectivity index (χ1) is 14.2. The maximum Gasteiger partial charge on any atom is 0.332 e. The van der Waals surface area contributed by atoms with Crippen molar-refractivity contribution in [1.82, 2.24) is 15.1 Å². The lowest BCUT2D eigenvalue weighted by atomic mass is 10.2. The van der Waals surface area contributed by atoms with E-state index in [0.717, 1.165) is 16.6 Å². The van der Waals surface area contributed by atoms with Crippen LogP contribution < -0.4 is 9.80 Å². The lowest BCUT2D eigenvalue weighted by molar-refractivity contribution is -0.119. The molecule has 3 amide bonds. The van der Waals surface area contributed by atoms with Crippen LogP contribution in [0.25, 0.3) is 0 Å². The molecule has 29 heavy (non-hydrogen) atoms. The van der Waals surface area contributed by atoms with Crippen molar-refractivity contribution in [1.29, 1.82) is 0 Å². The van der Waals surface area contributed by atoms with Crippen molar-refractivity contribution in [2.45, 2.75) is 12.5 Å². The van der Waals surface area contributed by atoms with Gasteiger partial charge in [0.25, 0.3) is 5.91 Å². The molecule has 146 valence electrons. The van der Waals surface area contributed by atoms with E-state index in [1.807, 2.05) is 36.4 Å². The summed E-state index contributed by atoms with van der Waals surface area (Å²) in [5.41, 5.74) is 1.81. The molecule has 0 saturated carbocycles. The van der Waals surface area contributed by atoms with E-state index in [4.69, 9.17) is 0 Å². The third-order valence-corrected chi connectivity index (χ3v) is 6.25. The Morgan fingerprint density at radius 1 is 0.931 bits per heavy atom. The van der Waals surface area contributed by atoms with Crippen molar-refractivity contribution in [2.24, 2.45) is 0 Å². The van der Waals surface area contributed by atoms with Crippen molar-refractivity contribution >= 4 is 34.1 Å². The number of aromatic nitrogens is 2. The highest BCUT2D eigenvalue weighted by atomic mass is 32.1. The van der Waals surface area contributed by atoms with Gasteiger partial charge in [0, 0.05) is 26.1 Å². The lowest BCUT2D eigenvalue weighted by Crippen LogP contribution is -2.53. The Bertz CT molecular complexity index is 1040. The number of urea groups is 1. The molecule has 7 nitrogen and oxygen atoms in total. The number of hydrogen-bond acceptors (Lipinski definition) is 6. The normalized spacial score (nSPS) is 19.0. The molecule has 8 heteroatoms. The number of para-hydroxylation sites is 1. The molecule has 1 unspecified atom stereocenters. The van der Waals surface area contributed by atoms with Gasteiger partial charge in [0.15, 0.2) is 0 Å². The minimum atomic E-state index is -0.488. The summed E-state index contributed by atoms with van der Waals surface area (Å²) in [5.74, 6) is -0.181. The van der Waals surface area contributed by atoms with Crippen molar-refractivity contribution in [3.05, 3.63) is 71.2 Å². The van der Waals surface area contributed by atoms with Gasteiger partial charge < -0.3 is 9.80 Å². The summed E-state index contributed by atoms with van der Waals surface area (Å²) >= 11 is 1.54. The quantitative estimate of drug-likeness (QED) is 0.625.